The number of nitrogens with zero attached hydrogens (tertiary/aromatic N) is 5. The van der Waals surface area contributed by atoms with Crippen LogP contribution in [-0.2, 0) is 20.0 Å². The summed E-state index contributed by atoms with van der Waals surface area (Å²) < 4.78 is 3.49. The summed E-state index contributed by atoms with van der Waals surface area (Å²) in [6, 6.07) is 1.89. The average molecular weight is 235 g/mol. The minimum atomic E-state index is -0.601. The summed E-state index contributed by atoms with van der Waals surface area (Å²) in [4.78, 5) is 4.15. The molecule has 0 spiro atoms. The van der Waals surface area contributed by atoms with Crippen LogP contribution in [-0.4, -0.2) is 29.7 Å². The summed E-state index contributed by atoms with van der Waals surface area (Å²) in [5.41, 5.74) is 1.70. The van der Waals surface area contributed by atoms with Crippen LogP contribution in [0.15, 0.2) is 12.4 Å². The Morgan fingerprint density at radius 2 is 2.24 bits per heavy atom. The molecule has 92 valence electrons. The summed E-state index contributed by atoms with van der Waals surface area (Å²) in [6.45, 7) is 4.66. The maximum absolute atomic E-state index is 10.2. The maximum atomic E-state index is 10.2. The van der Waals surface area contributed by atoms with Gasteiger partial charge in [-0.05, 0) is 19.9 Å². The van der Waals surface area contributed by atoms with Crippen LogP contribution in [0.2, 0.25) is 0 Å². The van der Waals surface area contributed by atoms with Gasteiger partial charge in [-0.1, -0.05) is 0 Å². The third-order valence-corrected chi connectivity index (χ3v) is 2.75. The molecule has 17 heavy (non-hydrogen) atoms. The number of rotatable bonds is 4. The fourth-order valence-corrected chi connectivity index (χ4v) is 1.93. The zero-order chi connectivity index (χ0) is 12.4. The van der Waals surface area contributed by atoms with Crippen molar-refractivity contribution in [3.8, 4) is 0 Å². The Bertz CT molecular complexity index is 502. The topological polar surface area (TPSA) is 68.8 Å². The van der Waals surface area contributed by atoms with E-state index in [1.807, 2.05) is 27.0 Å². The molecule has 0 aliphatic rings. The molecular formula is C11H17N5O. The molecule has 0 fully saturated rings. The van der Waals surface area contributed by atoms with E-state index in [2.05, 4.69) is 15.2 Å². The van der Waals surface area contributed by atoms with Gasteiger partial charge in [-0.2, -0.15) is 10.2 Å². The first-order chi connectivity index (χ1) is 8.11. The molecule has 0 saturated heterocycles. The quantitative estimate of drug-likeness (QED) is 0.843. The SMILES string of the molecule is CCn1ncnc1CC(O)c1cc(C)nn1C. The summed E-state index contributed by atoms with van der Waals surface area (Å²) in [7, 11) is 1.83. The van der Waals surface area contributed by atoms with Gasteiger partial charge in [-0.25, -0.2) is 4.98 Å². The number of aromatic nitrogens is 5. The third kappa shape index (κ3) is 2.36. The second-order valence-electron chi connectivity index (χ2n) is 4.05. The lowest BCUT2D eigenvalue weighted by molar-refractivity contribution is 0.164. The first kappa shape index (κ1) is 11.8. The Morgan fingerprint density at radius 1 is 1.47 bits per heavy atom. The molecule has 0 aliphatic carbocycles. The molecule has 0 radical (unpaired) electrons. The highest BCUT2D eigenvalue weighted by Gasteiger charge is 2.16. The fraction of sp³-hybridized carbons (Fsp3) is 0.545. The minimum absolute atomic E-state index is 0.451. The molecule has 2 aromatic heterocycles. The van der Waals surface area contributed by atoms with Crippen LogP contribution in [0.3, 0.4) is 0 Å². The van der Waals surface area contributed by atoms with Crippen LogP contribution < -0.4 is 0 Å². The van der Waals surface area contributed by atoms with E-state index in [9.17, 15) is 5.11 Å². The van der Waals surface area contributed by atoms with E-state index >= 15 is 0 Å². The van der Waals surface area contributed by atoms with Crippen LogP contribution in [0.5, 0.6) is 0 Å². The van der Waals surface area contributed by atoms with Gasteiger partial charge in [-0.3, -0.25) is 9.36 Å². The normalized spacial score (nSPS) is 12.9. The molecule has 1 unspecified atom stereocenters. The van der Waals surface area contributed by atoms with E-state index < -0.39 is 6.10 Å². The first-order valence-electron chi connectivity index (χ1n) is 5.67. The van der Waals surface area contributed by atoms with Crippen molar-refractivity contribution in [2.24, 2.45) is 7.05 Å². The monoisotopic (exact) mass is 235 g/mol. The number of hydrogen-bond acceptors (Lipinski definition) is 4. The van der Waals surface area contributed by atoms with Crippen molar-refractivity contribution in [1.29, 1.82) is 0 Å². The molecule has 0 amide bonds. The Balaban J connectivity index is 2.17. The van der Waals surface area contributed by atoms with Crippen molar-refractivity contribution in [2.75, 3.05) is 0 Å². The molecule has 2 aromatic rings. The number of aliphatic hydroxyl groups excluding tert-OH is 1. The van der Waals surface area contributed by atoms with Crippen molar-refractivity contribution < 1.29 is 5.11 Å². The average Bonchev–Trinajstić information content (AvgIpc) is 2.84. The van der Waals surface area contributed by atoms with E-state index in [-0.39, 0.29) is 0 Å². The van der Waals surface area contributed by atoms with Crippen LogP contribution in [0.4, 0.5) is 0 Å². The van der Waals surface area contributed by atoms with E-state index in [1.165, 1.54) is 6.33 Å². The predicted molar refractivity (Wildman–Crippen MR) is 62.3 cm³/mol. The minimum Gasteiger partial charge on any atom is -0.386 e. The molecule has 0 aromatic carbocycles. The van der Waals surface area contributed by atoms with Gasteiger partial charge in [0.15, 0.2) is 0 Å². The Kier molecular flexibility index (Phi) is 3.23. The number of aryl methyl sites for hydroxylation is 3. The van der Waals surface area contributed by atoms with Crippen molar-refractivity contribution >= 4 is 0 Å². The standard InChI is InChI=1S/C11H17N5O/c1-4-16-11(12-7-13-16)6-10(17)9-5-8(2)14-15(9)3/h5,7,10,17H,4,6H2,1-3H3. The Hall–Kier alpha value is -1.69. The Morgan fingerprint density at radius 3 is 2.82 bits per heavy atom. The molecule has 6 nitrogen and oxygen atoms in total. The molecule has 1 N–H and O–H groups in total. The van der Waals surface area contributed by atoms with Gasteiger partial charge in [0.25, 0.3) is 0 Å². The summed E-state index contributed by atoms with van der Waals surface area (Å²) >= 11 is 0. The molecule has 1 atom stereocenters. The van der Waals surface area contributed by atoms with Crippen molar-refractivity contribution in [3.05, 3.63) is 29.6 Å². The largest absolute Gasteiger partial charge is 0.386 e. The van der Waals surface area contributed by atoms with Gasteiger partial charge >= 0.3 is 0 Å². The van der Waals surface area contributed by atoms with Crippen molar-refractivity contribution in [2.45, 2.75) is 32.9 Å². The van der Waals surface area contributed by atoms with Gasteiger partial charge in [0.05, 0.1) is 11.4 Å². The van der Waals surface area contributed by atoms with E-state index in [0.717, 1.165) is 23.8 Å². The lowest BCUT2D eigenvalue weighted by Gasteiger charge is -2.10. The predicted octanol–water partition coefficient (Wildman–Crippen LogP) is 0.616. The highest BCUT2D eigenvalue weighted by atomic mass is 16.3. The van der Waals surface area contributed by atoms with Crippen LogP contribution in [0.25, 0.3) is 0 Å². The van der Waals surface area contributed by atoms with E-state index in [0.29, 0.717) is 6.42 Å². The fourth-order valence-electron chi connectivity index (χ4n) is 1.93. The second kappa shape index (κ2) is 4.67. The molecule has 6 heteroatoms. The summed E-state index contributed by atoms with van der Waals surface area (Å²) in [5, 5.41) is 18.5. The zero-order valence-corrected chi connectivity index (χ0v) is 10.3. The molecule has 2 heterocycles. The van der Waals surface area contributed by atoms with Gasteiger partial charge in [-0.15, -0.1) is 0 Å². The van der Waals surface area contributed by atoms with E-state index in [4.69, 9.17) is 0 Å². The molecular weight excluding hydrogens is 218 g/mol. The lowest BCUT2D eigenvalue weighted by atomic mass is 10.1. The summed E-state index contributed by atoms with van der Waals surface area (Å²) in [5.74, 6) is 0.791. The van der Waals surface area contributed by atoms with Crippen LogP contribution in [0.1, 0.15) is 30.2 Å². The summed E-state index contributed by atoms with van der Waals surface area (Å²) in [6.07, 6.45) is 1.36. The molecule has 2 rings (SSSR count). The first-order valence-corrected chi connectivity index (χ1v) is 5.67. The van der Waals surface area contributed by atoms with Crippen molar-refractivity contribution in [1.82, 2.24) is 24.5 Å². The van der Waals surface area contributed by atoms with Crippen LogP contribution >= 0.6 is 0 Å². The van der Waals surface area contributed by atoms with Gasteiger partial charge in [0.2, 0.25) is 0 Å². The smallest absolute Gasteiger partial charge is 0.138 e. The number of aliphatic hydroxyl groups is 1. The van der Waals surface area contributed by atoms with Crippen LogP contribution in [0, 0.1) is 6.92 Å². The molecule has 0 saturated carbocycles. The van der Waals surface area contributed by atoms with Gasteiger partial charge in [0.1, 0.15) is 18.3 Å². The highest BCUT2D eigenvalue weighted by molar-refractivity contribution is 5.12. The molecule has 0 aliphatic heterocycles. The maximum Gasteiger partial charge on any atom is 0.138 e. The third-order valence-electron chi connectivity index (χ3n) is 2.75. The number of hydrogen-bond donors (Lipinski definition) is 1. The van der Waals surface area contributed by atoms with Gasteiger partial charge < -0.3 is 5.11 Å². The Labute approximate surface area is 99.9 Å². The van der Waals surface area contributed by atoms with Crippen molar-refractivity contribution in [3.63, 3.8) is 0 Å². The second-order valence-corrected chi connectivity index (χ2v) is 4.05. The zero-order valence-electron chi connectivity index (χ0n) is 10.3. The van der Waals surface area contributed by atoms with Gasteiger partial charge in [0, 0.05) is 20.0 Å². The van der Waals surface area contributed by atoms with E-state index in [1.54, 1.807) is 9.36 Å². The lowest BCUT2D eigenvalue weighted by Crippen LogP contribution is -2.12. The molecule has 0 bridgehead atoms. The highest BCUT2D eigenvalue weighted by Crippen LogP contribution is 2.17.